The molecule has 0 saturated heterocycles. The maximum atomic E-state index is 11.1. The molecule has 86 valence electrons. The second-order valence-electron chi connectivity index (χ2n) is 3.44. The van der Waals surface area contributed by atoms with E-state index in [9.17, 15) is 9.82 Å². The SMILES string of the molecule is CC(C)NC(=O)OB(O)Oc1ccccc1. The number of benzene rings is 1. The van der Waals surface area contributed by atoms with E-state index < -0.39 is 13.4 Å². The van der Waals surface area contributed by atoms with Crippen LogP contribution in [0.4, 0.5) is 4.79 Å². The van der Waals surface area contributed by atoms with E-state index in [-0.39, 0.29) is 6.04 Å². The van der Waals surface area contributed by atoms with Gasteiger partial charge < -0.3 is 19.6 Å². The lowest BCUT2D eigenvalue weighted by molar-refractivity contribution is 0.171. The van der Waals surface area contributed by atoms with Crippen molar-refractivity contribution >= 4 is 13.4 Å². The lowest BCUT2D eigenvalue weighted by atomic mass is 10.2. The number of hydrogen-bond donors (Lipinski definition) is 2. The summed E-state index contributed by atoms with van der Waals surface area (Å²) in [5.74, 6) is 0.423. The molecule has 0 aliphatic heterocycles. The van der Waals surface area contributed by atoms with Gasteiger partial charge in [0.25, 0.3) is 0 Å². The maximum absolute atomic E-state index is 11.1. The third-order valence-corrected chi connectivity index (χ3v) is 1.59. The summed E-state index contributed by atoms with van der Waals surface area (Å²) in [6.45, 7) is 3.57. The normalized spacial score (nSPS) is 9.75. The number of nitrogens with one attached hydrogen (secondary N) is 1. The van der Waals surface area contributed by atoms with E-state index in [2.05, 4.69) is 9.97 Å². The van der Waals surface area contributed by atoms with Crippen LogP contribution in [0, 0.1) is 0 Å². The van der Waals surface area contributed by atoms with Gasteiger partial charge in [-0.2, -0.15) is 0 Å². The van der Waals surface area contributed by atoms with E-state index in [1.54, 1.807) is 38.1 Å². The summed E-state index contributed by atoms with van der Waals surface area (Å²) in [4.78, 5) is 11.1. The molecule has 5 nitrogen and oxygen atoms in total. The molecule has 1 rings (SSSR count). The number of hydrogen-bond acceptors (Lipinski definition) is 4. The number of para-hydroxylation sites is 1. The zero-order valence-electron chi connectivity index (χ0n) is 9.21. The van der Waals surface area contributed by atoms with E-state index in [4.69, 9.17) is 4.65 Å². The van der Waals surface area contributed by atoms with Crippen molar-refractivity contribution in [2.75, 3.05) is 0 Å². The smallest absolute Gasteiger partial charge is 0.501 e. The van der Waals surface area contributed by atoms with Gasteiger partial charge in [0.2, 0.25) is 0 Å². The largest absolute Gasteiger partial charge is 0.788 e. The van der Waals surface area contributed by atoms with Crippen LogP contribution in [0.1, 0.15) is 13.8 Å². The molecular weight excluding hydrogens is 209 g/mol. The first-order valence-electron chi connectivity index (χ1n) is 4.95. The summed E-state index contributed by atoms with van der Waals surface area (Å²) in [5.41, 5.74) is 0. The predicted molar refractivity (Wildman–Crippen MR) is 59.8 cm³/mol. The Balaban J connectivity index is 2.36. The van der Waals surface area contributed by atoms with Gasteiger partial charge in [-0.15, -0.1) is 0 Å². The Morgan fingerprint density at radius 2 is 2.00 bits per heavy atom. The highest BCUT2D eigenvalue weighted by Crippen LogP contribution is 2.09. The van der Waals surface area contributed by atoms with Gasteiger partial charge in [-0.1, -0.05) is 18.2 Å². The van der Waals surface area contributed by atoms with E-state index in [1.165, 1.54) is 0 Å². The fourth-order valence-corrected chi connectivity index (χ4v) is 1.00. The number of carbonyl (C=O) groups excluding carboxylic acids is 1. The second-order valence-corrected chi connectivity index (χ2v) is 3.44. The third kappa shape index (κ3) is 4.70. The van der Waals surface area contributed by atoms with E-state index in [0.717, 1.165) is 0 Å². The van der Waals surface area contributed by atoms with E-state index in [0.29, 0.717) is 5.75 Å². The van der Waals surface area contributed by atoms with Crippen molar-refractivity contribution in [2.24, 2.45) is 0 Å². The Morgan fingerprint density at radius 1 is 1.38 bits per heavy atom. The number of carbonyl (C=O) groups is 1. The van der Waals surface area contributed by atoms with Gasteiger partial charge in [-0.05, 0) is 26.0 Å². The van der Waals surface area contributed by atoms with Crippen LogP contribution in [0.15, 0.2) is 30.3 Å². The minimum absolute atomic E-state index is 0.0589. The average molecular weight is 223 g/mol. The highest BCUT2D eigenvalue weighted by Gasteiger charge is 2.24. The Morgan fingerprint density at radius 3 is 2.56 bits per heavy atom. The van der Waals surface area contributed by atoms with Gasteiger partial charge in [0.1, 0.15) is 5.75 Å². The minimum Gasteiger partial charge on any atom is -0.501 e. The minimum atomic E-state index is -1.61. The molecule has 0 spiro atoms. The molecule has 2 N–H and O–H groups in total. The van der Waals surface area contributed by atoms with Gasteiger partial charge >= 0.3 is 13.4 Å². The molecule has 0 bridgehead atoms. The average Bonchev–Trinajstić information content (AvgIpc) is 2.17. The van der Waals surface area contributed by atoms with Crippen LogP contribution in [0.2, 0.25) is 0 Å². The molecule has 16 heavy (non-hydrogen) atoms. The van der Waals surface area contributed by atoms with Crippen molar-refractivity contribution in [3.05, 3.63) is 30.3 Å². The molecule has 6 heteroatoms. The standard InChI is InChI=1S/C10H14BNO4/c1-8(2)12-10(13)16-11(14)15-9-6-4-3-5-7-9/h3-8,14H,1-2H3,(H,12,13). The van der Waals surface area contributed by atoms with Crippen LogP contribution in [-0.2, 0) is 4.65 Å². The highest BCUT2D eigenvalue weighted by atomic mass is 16.7. The summed E-state index contributed by atoms with van der Waals surface area (Å²) in [7, 11) is -1.61. The second kappa shape index (κ2) is 6.02. The van der Waals surface area contributed by atoms with Crippen molar-refractivity contribution < 1.29 is 19.1 Å². The lowest BCUT2D eigenvalue weighted by Crippen LogP contribution is -2.38. The Labute approximate surface area is 94.6 Å². The molecule has 0 heterocycles. The zero-order chi connectivity index (χ0) is 12.0. The fraction of sp³-hybridized carbons (Fsp3) is 0.300. The molecule has 1 aromatic carbocycles. The number of amides is 1. The molecule has 0 fully saturated rings. The van der Waals surface area contributed by atoms with E-state index in [1.807, 2.05) is 6.07 Å². The van der Waals surface area contributed by atoms with Crippen LogP contribution in [0.5, 0.6) is 5.75 Å². The summed E-state index contributed by atoms with van der Waals surface area (Å²) in [6, 6.07) is 8.54. The van der Waals surface area contributed by atoms with Crippen molar-refractivity contribution in [3.8, 4) is 5.75 Å². The Hall–Kier alpha value is -1.69. The first kappa shape index (κ1) is 12.4. The van der Waals surface area contributed by atoms with Crippen molar-refractivity contribution in [1.29, 1.82) is 0 Å². The van der Waals surface area contributed by atoms with Gasteiger partial charge in [-0.3, -0.25) is 0 Å². The third-order valence-electron chi connectivity index (χ3n) is 1.59. The van der Waals surface area contributed by atoms with Gasteiger partial charge in [0.15, 0.2) is 0 Å². The molecule has 0 aliphatic rings. The monoisotopic (exact) mass is 223 g/mol. The summed E-state index contributed by atoms with van der Waals surface area (Å²) < 4.78 is 9.49. The predicted octanol–water partition coefficient (Wildman–Crippen LogP) is 1.18. The van der Waals surface area contributed by atoms with Crippen molar-refractivity contribution in [1.82, 2.24) is 5.32 Å². The van der Waals surface area contributed by atoms with Crippen LogP contribution >= 0.6 is 0 Å². The summed E-state index contributed by atoms with van der Waals surface area (Å²) >= 11 is 0. The Kier molecular flexibility index (Phi) is 4.66. The van der Waals surface area contributed by atoms with Gasteiger partial charge in [0, 0.05) is 6.04 Å². The molecule has 0 aliphatic carbocycles. The molecule has 1 aromatic rings. The molecule has 0 saturated carbocycles. The zero-order valence-corrected chi connectivity index (χ0v) is 9.21. The van der Waals surface area contributed by atoms with Gasteiger partial charge in [-0.25, -0.2) is 4.79 Å². The van der Waals surface area contributed by atoms with Gasteiger partial charge in [0.05, 0.1) is 0 Å². The maximum Gasteiger partial charge on any atom is 0.788 e. The van der Waals surface area contributed by atoms with Crippen LogP contribution in [0.3, 0.4) is 0 Å². The number of rotatable bonds is 4. The summed E-state index contributed by atoms with van der Waals surface area (Å²) in [6.07, 6.45) is -0.724. The van der Waals surface area contributed by atoms with E-state index >= 15 is 0 Å². The van der Waals surface area contributed by atoms with Crippen molar-refractivity contribution in [2.45, 2.75) is 19.9 Å². The quantitative estimate of drug-likeness (QED) is 0.752. The van der Waals surface area contributed by atoms with Crippen LogP contribution in [-0.4, -0.2) is 24.5 Å². The van der Waals surface area contributed by atoms with Crippen molar-refractivity contribution in [3.63, 3.8) is 0 Å². The molecule has 0 radical (unpaired) electrons. The topological polar surface area (TPSA) is 67.8 Å². The molecule has 1 amide bonds. The van der Waals surface area contributed by atoms with Crippen LogP contribution < -0.4 is 9.97 Å². The fourth-order valence-electron chi connectivity index (χ4n) is 1.00. The molecule has 0 aromatic heterocycles. The molecule has 0 unspecified atom stereocenters. The molecular formula is C10H14BNO4. The lowest BCUT2D eigenvalue weighted by Gasteiger charge is -2.12. The summed E-state index contributed by atoms with van der Waals surface area (Å²) in [5, 5.41) is 11.7. The highest BCUT2D eigenvalue weighted by molar-refractivity contribution is 6.38. The Bertz CT molecular complexity index is 331. The molecule has 0 atom stereocenters. The first-order valence-corrected chi connectivity index (χ1v) is 4.95. The first-order chi connectivity index (χ1) is 7.58. The van der Waals surface area contributed by atoms with Crippen LogP contribution in [0.25, 0.3) is 0 Å².